The lowest BCUT2D eigenvalue weighted by Gasteiger charge is -2.17. The molecule has 1 aromatic rings. The molecule has 0 bridgehead atoms. The van der Waals surface area contributed by atoms with Crippen molar-refractivity contribution in [3.63, 3.8) is 0 Å². The summed E-state index contributed by atoms with van der Waals surface area (Å²) in [6.07, 6.45) is -4.51. The number of alkyl halides is 3. The monoisotopic (exact) mass is 277 g/mol. The molecule has 2 N–H and O–H groups in total. The maximum atomic E-state index is 12.6. The van der Waals surface area contributed by atoms with Crippen molar-refractivity contribution in [1.82, 2.24) is 0 Å². The molecule has 0 amide bonds. The van der Waals surface area contributed by atoms with Gasteiger partial charge >= 0.3 is 6.18 Å². The molecule has 0 fully saturated rings. The fourth-order valence-corrected chi connectivity index (χ4v) is 1.59. The van der Waals surface area contributed by atoms with Gasteiger partial charge in [-0.15, -0.1) is 0 Å². The second-order valence-corrected chi connectivity index (χ2v) is 4.33. The lowest BCUT2D eigenvalue weighted by molar-refractivity contribution is -0.137. The summed E-state index contributed by atoms with van der Waals surface area (Å²) in [6.45, 7) is 2.36. The normalized spacial score (nSPS) is 15.3. The van der Waals surface area contributed by atoms with Crippen LogP contribution in [0.25, 0.3) is 0 Å². The Labute approximate surface area is 110 Å². The van der Waals surface area contributed by atoms with Gasteiger partial charge in [0.05, 0.1) is 30.9 Å². The summed E-state index contributed by atoms with van der Waals surface area (Å²) in [5, 5.41) is 0. The van der Waals surface area contributed by atoms with Gasteiger partial charge in [-0.1, -0.05) is 12.1 Å². The Morgan fingerprint density at radius 2 is 1.95 bits per heavy atom. The number of ether oxygens (including phenoxy) is 2. The second-order valence-electron chi connectivity index (χ2n) is 4.33. The van der Waals surface area contributed by atoms with Crippen molar-refractivity contribution < 1.29 is 22.6 Å². The largest absolute Gasteiger partial charge is 0.416 e. The predicted molar refractivity (Wildman–Crippen MR) is 65.7 cm³/mol. The molecular weight excluding hydrogens is 259 g/mol. The van der Waals surface area contributed by atoms with Crippen LogP contribution in [0, 0.1) is 0 Å². The summed E-state index contributed by atoms with van der Waals surface area (Å²) in [4.78, 5) is 0. The molecule has 0 saturated carbocycles. The third-order valence-electron chi connectivity index (χ3n) is 2.60. The number of benzene rings is 1. The molecule has 2 unspecified atom stereocenters. The predicted octanol–water partition coefficient (Wildman–Crippen LogP) is 2.76. The van der Waals surface area contributed by atoms with Crippen molar-refractivity contribution in [3.8, 4) is 0 Å². The molecule has 0 aliphatic rings. The van der Waals surface area contributed by atoms with Gasteiger partial charge in [0.25, 0.3) is 0 Å². The van der Waals surface area contributed by atoms with Crippen LogP contribution in [0.5, 0.6) is 0 Å². The Morgan fingerprint density at radius 1 is 1.26 bits per heavy atom. The highest BCUT2D eigenvalue weighted by Gasteiger charge is 2.30. The molecule has 2 atom stereocenters. The first-order valence-corrected chi connectivity index (χ1v) is 5.88. The van der Waals surface area contributed by atoms with Gasteiger partial charge in [0, 0.05) is 7.11 Å². The molecule has 0 saturated heterocycles. The maximum absolute atomic E-state index is 12.6. The first-order chi connectivity index (χ1) is 8.84. The molecule has 19 heavy (non-hydrogen) atoms. The number of methoxy groups -OCH3 is 1. The summed E-state index contributed by atoms with van der Waals surface area (Å²) in [5.41, 5.74) is 5.52. The summed E-state index contributed by atoms with van der Waals surface area (Å²) >= 11 is 0. The maximum Gasteiger partial charge on any atom is 0.416 e. The summed E-state index contributed by atoms with van der Waals surface area (Å²) in [7, 11) is 1.55. The van der Waals surface area contributed by atoms with Crippen molar-refractivity contribution in [1.29, 1.82) is 0 Å². The van der Waals surface area contributed by atoms with Gasteiger partial charge in [-0.3, -0.25) is 0 Å². The SMILES string of the molecule is COCC(C)OCC(N)c1cccc(C(F)(F)F)c1. The zero-order valence-corrected chi connectivity index (χ0v) is 10.9. The van der Waals surface area contributed by atoms with E-state index in [2.05, 4.69) is 0 Å². The van der Waals surface area contributed by atoms with Gasteiger partial charge in [-0.05, 0) is 24.6 Å². The van der Waals surface area contributed by atoms with Gasteiger partial charge < -0.3 is 15.2 Å². The molecule has 0 radical (unpaired) electrons. The second kappa shape index (κ2) is 6.88. The van der Waals surface area contributed by atoms with E-state index < -0.39 is 17.8 Å². The zero-order chi connectivity index (χ0) is 14.5. The summed E-state index contributed by atoms with van der Waals surface area (Å²) in [6, 6.07) is 4.38. The van der Waals surface area contributed by atoms with E-state index in [0.29, 0.717) is 12.2 Å². The van der Waals surface area contributed by atoms with E-state index >= 15 is 0 Å². The first kappa shape index (κ1) is 15.9. The third kappa shape index (κ3) is 5.18. The molecule has 1 rings (SSSR count). The van der Waals surface area contributed by atoms with Crippen LogP contribution < -0.4 is 5.73 Å². The molecule has 6 heteroatoms. The van der Waals surface area contributed by atoms with Gasteiger partial charge in [0.1, 0.15) is 0 Å². The highest BCUT2D eigenvalue weighted by Crippen LogP contribution is 2.30. The number of hydrogen-bond donors (Lipinski definition) is 1. The number of nitrogens with two attached hydrogens (primary N) is 1. The van der Waals surface area contributed by atoms with E-state index in [-0.39, 0.29) is 12.7 Å². The van der Waals surface area contributed by atoms with Gasteiger partial charge in [0.2, 0.25) is 0 Å². The summed E-state index contributed by atoms with van der Waals surface area (Å²) in [5.74, 6) is 0. The molecule has 0 aliphatic heterocycles. The van der Waals surface area contributed by atoms with Crippen LogP contribution in [0.15, 0.2) is 24.3 Å². The number of hydrogen-bond acceptors (Lipinski definition) is 3. The molecule has 0 aromatic heterocycles. The van der Waals surface area contributed by atoms with Crippen LogP contribution in [0.2, 0.25) is 0 Å². The average molecular weight is 277 g/mol. The van der Waals surface area contributed by atoms with Crippen LogP contribution >= 0.6 is 0 Å². The first-order valence-electron chi connectivity index (χ1n) is 5.88. The average Bonchev–Trinajstić information content (AvgIpc) is 2.35. The van der Waals surface area contributed by atoms with Crippen molar-refractivity contribution in [2.24, 2.45) is 5.73 Å². The molecule has 108 valence electrons. The highest BCUT2D eigenvalue weighted by atomic mass is 19.4. The Morgan fingerprint density at radius 3 is 2.53 bits per heavy atom. The van der Waals surface area contributed by atoms with Gasteiger partial charge in [-0.25, -0.2) is 0 Å². The van der Waals surface area contributed by atoms with Crippen LogP contribution in [-0.2, 0) is 15.7 Å². The lowest BCUT2D eigenvalue weighted by Crippen LogP contribution is -2.23. The van der Waals surface area contributed by atoms with Gasteiger partial charge in [-0.2, -0.15) is 13.2 Å². The fraction of sp³-hybridized carbons (Fsp3) is 0.538. The molecule has 0 spiro atoms. The van der Waals surface area contributed by atoms with Crippen molar-refractivity contribution in [2.75, 3.05) is 20.3 Å². The van der Waals surface area contributed by atoms with E-state index in [4.69, 9.17) is 15.2 Å². The minimum Gasteiger partial charge on any atom is -0.382 e. The van der Waals surface area contributed by atoms with Crippen molar-refractivity contribution in [3.05, 3.63) is 35.4 Å². The fourth-order valence-electron chi connectivity index (χ4n) is 1.59. The van der Waals surface area contributed by atoms with Crippen LogP contribution in [0.4, 0.5) is 13.2 Å². The molecule has 1 aromatic carbocycles. The number of rotatable bonds is 6. The van der Waals surface area contributed by atoms with E-state index in [0.717, 1.165) is 12.1 Å². The molecule has 0 heterocycles. The topological polar surface area (TPSA) is 44.5 Å². The van der Waals surface area contributed by atoms with Gasteiger partial charge in [0.15, 0.2) is 0 Å². The standard InChI is InChI=1S/C13H18F3NO2/c1-9(7-18-2)19-8-12(17)10-4-3-5-11(6-10)13(14,15)16/h3-6,9,12H,7-8,17H2,1-2H3. The van der Waals surface area contributed by atoms with Crippen molar-refractivity contribution in [2.45, 2.75) is 25.2 Å². The Bertz CT molecular complexity index is 396. The van der Waals surface area contributed by atoms with Crippen LogP contribution in [0.3, 0.4) is 0 Å². The zero-order valence-electron chi connectivity index (χ0n) is 10.9. The number of halogens is 3. The summed E-state index contributed by atoms with van der Waals surface area (Å²) < 4.78 is 48.0. The smallest absolute Gasteiger partial charge is 0.382 e. The van der Waals surface area contributed by atoms with E-state index in [1.807, 2.05) is 6.92 Å². The highest BCUT2D eigenvalue weighted by molar-refractivity contribution is 5.27. The van der Waals surface area contributed by atoms with Crippen LogP contribution in [-0.4, -0.2) is 26.4 Å². The quantitative estimate of drug-likeness (QED) is 0.869. The molecule has 3 nitrogen and oxygen atoms in total. The van der Waals surface area contributed by atoms with E-state index in [1.165, 1.54) is 6.07 Å². The molecule has 0 aliphatic carbocycles. The lowest BCUT2D eigenvalue weighted by atomic mass is 10.0. The minimum atomic E-state index is -4.36. The third-order valence-corrected chi connectivity index (χ3v) is 2.60. The molecular formula is C13H18F3NO2. The van der Waals surface area contributed by atoms with E-state index in [1.54, 1.807) is 13.2 Å². The Kier molecular flexibility index (Phi) is 5.78. The minimum absolute atomic E-state index is 0.145. The Hall–Kier alpha value is -1.11. The Balaban J connectivity index is 2.64. The van der Waals surface area contributed by atoms with Crippen molar-refractivity contribution >= 4 is 0 Å². The van der Waals surface area contributed by atoms with Crippen LogP contribution in [0.1, 0.15) is 24.1 Å². The van der Waals surface area contributed by atoms with E-state index in [9.17, 15) is 13.2 Å².